The van der Waals surface area contributed by atoms with Crippen molar-refractivity contribution in [2.45, 2.75) is 12.2 Å². The lowest BCUT2D eigenvalue weighted by atomic mass is 10.0. The summed E-state index contributed by atoms with van der Waals surface area (Å²) in [4.78, 5) is 10.5. The number of carboxylic acids is 1. The minimum atomic E-state index is -1.95. The molecule has 17 heavy (non-hydrogen) atoms. The van der Waals surface area contributed by atoms with Crippen molar-refractivity contribution in [2.75, 3.05) is 7.11 Å². The molecule has 90 valence electrons. The summed E-state index contributed by atoms with van der Waals surface area (Å²) in [5.74, 6) is -1.39. The van der Waals surface area contributed by atoms with E-state index in [4.69, 9.17) is 15.1 Å². The van der Waals surface area contributed by atoms with Gasteiger partial charge in [0.15, 0.2) is 6.10 Å². The maximum absolute atomic E-state index is 10.5. The van der Waals surface area contributed by atoms with Gasteiger partial charge in [0.1, 0.15) is 11.9 Å². The Bertz CT molecular complexity index is 465. The standard InChI is InChI=1S/C11H11NO5/c1-17-8-4-6(5-12)2-3-7(8)9(13)10(14)11(15)16/h2-4,9-10,13-14H,1H3,(H,15,16). The average molecular weight is 237 g/mol. The number of aliphatic hydroxyl groups excluding tert-OH is 2. The number of hydrogen-bond acceptors (Lipinski definition) is 5. The molecule has 0 bridgehead atoms. The summed E-state index contributed by atoms with van der Waals surface area (Å²) in [5, 5.41) is 36.1. The third kappa shape index (κ3) is 2.72. The summed E-state index contributed by atoms with van der Waals surface area (Å²) in [6.45, 7) is 0. The first kappa shape index (κ1) is 13.0. The Labute approximate surface area is 97.3 Å². The van der Waals surface area contributed by atoms with Gasteiger partial charge in [-0.3, -0.25) is 0 Å². The zero-order valence-electron chi connectivity index (χ0n) is 8.99. The Morgan fingerprint density at radius 1 is 1.47 bits per heavy atom. The van der Waals surface area contributed by atoms with Gasteiger partial charge < -0.3 is 20.1 Å². The predicted octanol–water partition coefficient (Wildman–Crippen LogP) is 0.0458. The molecule has 0 amide bonds. The summed E-state index contributed by atoms with van der Waals surface area (Å²) in [7, 11) is 1.32. The van der Waals surface area contributed by atoms with Crippen LogP contribution in [0.5, 0.6) is 5.75 Å². The van der Waals surface area contributed by atoms with Gasteiger partial charge in [-0.05, 0) is 12.1 Å². The molecule has 1 rings (SSSR count). The van der Waals surface area contributed by atoms with Crippen LogP contribution in [0.25, 0.3) is 0 Å². The highest BCUT2D eigenvalue weighted by atomic mass is 16.5. The summed E-state index contributed by atoms with van der Waals surface area (Å²) >= 11 is 0. The van der Waals surface area contributed by atoms with E-state index in [-0.39, 0.29) is 11.3 Å². The van der Waals surface area contributed by atoms with E-state index in [0.717, 1.165) is 0 Å². The van der Waals surface area contributed by atoms with Gasteiger partial charge in [-0.2, -0.15) is 5.26 Å². The molecule has 0 saturated heterocycles. The molecule has 0 spiro atoms. The molecule has 0 aliphatic heterocycles. The summed E-state index contributed by atoms with van der Waals surface area (Å²) < 4.78 is 4.92. The molecular formula is C11H11NO5. The van der Waals surface area contributed by atoms with Gasteiger partial charge in [-0.1, -0.05) is 6.07 Å². The van der Waals surface area contributed by atoms with E-state index >= 15 is 0 Å². The van der Waals surface area contributed by atoms with Gasteiger partial charge in [0.2, 0.25) is 0 Å². The number of aliphatic hydroxyl groups is 2. The molecule has 0 radical (unpaired) electrons. The van der Waals surface area contributed by atoms with Crippen molar-refractivity contribution in [3.8, 4) is 11.8 Å². The SMILES string of the molecule is COc1cc(C#N)ccc1C(O)C(O)C(=O)O. The maximum Gasteiger partial charge on any atom is 0.335 e. The minimum absolute atomic E-state index is 0.112. The molecule has 3 N–H and O–H groups in total. The van der Waals surface area contributed by atoms with Crippen LogP contribution >= 0.6 is 0 Å². The Morgan fingerprint density at radius 3 is 2.59 bits per heavy atom. The van der Waals surface area contributed by atoms with Crippen molar-refractivity contribution < 1.29 is 24.9 Å². The Hall–Kier alpha value is -2.10. The number of nitrogens with zero attached hydrogens (tertiary/aromatic N) is 1. The van der Waals surface area contributed by atoms with E-state index in [1.54, 1.807) is 0 Å². The number of carbonyl (C=O) groups is 1. The fourth-order valence-electron chi connectivity index (χ4n) is 1.33. The van der Waals surface area contributed by atoms with Crippen LogP contribution in [0, 0.1) is 11.3 Å². The molecular weight excluding hydrogens is 226 g/mol. The molecule has 0 heterocycles. The van der Waals surface area contributed by atoms with E-state index in [0.29, 0.717) is 5.56 Å². The summed E-state index contributed by atoms with van der Waals surface area (Å²) in [6.07, 6.45) is -3.56. The van der Waals surface area contributed by atoms with Gasteiger partial charge in [0, 0.05) is 5.56 Å². The smallest absolute Gasteiger partial charge is 0.335 e. The zero-order valence-corrected chi connectivity index (χ0v) is 8.99. The number of methoxy groups -OCH3 is 1. The molecule has 0 aliphatic rings. The van der Waals surface area contributed by atoms with Gasteiger partial charge >= 0.3 is 5.97 Å². The molecule has 0 aliphatic carbocycles. The number of rotatable bonds is 4. The van der Waals surface area contributed by atoms with Crippen LogP contribution in [0.3, 0.4) is 0 Å². The number of ether oxygens (including phenoxy) is 1. The topological polar surface area (TPSA) is 111 Å². The van der Waals surface area contributed by atoms with E-state index < -0.39 is 18.2 Å². The molecule has 0 aromatic heterocycles. The van der Waals surface area contributed by atoms with Crippen molar-refractivity contribution in [3.63, 3.8) is 0 Å². The lowest BCUT2D eigenvalue weighted by molar-refractivity contribution is -0.153. The van der Waals surface area contributed by atoms with Crippen LogP contribution in [0.1, 0.15) is 17.2 Å². The largest absolute Gasteiger partial charge is 0.496 e. The second kappa shape index (κ2) is 5.30. The predicted molar refractivity (Wildman–Crippen MR) is 56.3 cm³/mol. The summed E-state index contributed by atoms with van der Waals surface area (Å²) in [5.41, 5.74) is 0.420. The molecule has 6 heteroatoms. The quantitative estimate of drug-likeness (QED) is 0.682. The molecule has 1 aromatic rings. The van der Waals surface area contributed by atoms with E-state index in [2.05, 4.69) is 0 Å². The van der Waals surface area contributed by atoms with E-state index in [1.807, 2.05) is 6.07 Å². The van der Waals surface area contributed by atoms with Crippen molar-refractivity contribution in [2.24, 2.45) is 0 Å². The Kier molecular flexibility index (Phi) is 4.04. The lowest BCUT2D eigenvalue weighted by Gasteiger charge is -2.17. The minimum Gasteiger partial charge on any atom is -0.496 e. The fraction of sp³-hybridized carbons (Fsp3) is 0.273. The van der Waals surface area contributed by atoms with Crippen LogP contribution in [0.15, 0.2) is 18.2 Å². The Balaban J connectivity index is 3.14. The monoisotopic (exact) mass is 237 g/mol. The second-order valence-corrected chi connectivity index (χ2v) is 3.30. The van der Waals surface area contributed by atoms with Crippen LogP contribution < -0.4 is 4.74 Å². The fourth-order valence-corrected chi connectivity index (χ4v) is 1.33. The first-order chi connectivity index (χ1) is 8.01. The Morgan fingerprint density at radius 2 is 2.12 bits per heavy atom. The van der Waals surface area contributed by atoms with Crippen molar-refractivity contribution >= 4 is 5.97 Å². The summed E-state index contributed by atoms with van der Waals surface area (Å²) in [6, 6.07) is 5.97. The molecule has 6 nitrogen and oxygen atoms in total. The van der Waals surface area contributed by atoms with Crippen LogP contribution in [0.2, 0.25) is 0 Å². The van der Waals surface area contributed by atoms with Crippen LogP contribution in [0.4, 0.5) is 0 Å². The highest BCUT2D eigenvalue weighted by Gasteiger charge is 2.27. The highest BCUT2D eigenvalue weighted by molar-refractivity contribution is 5.73. The van der Waals surface area contributed by atoms with E-state index in [9.17, 15) is 15.0 Å². The van der Waals surface area contributed by atoms with Crippen LogP contribution in [-0.2, 0) is 4.79 Å². The van der Waals surface area contributed by atoms with Crippen molar-refractivity contribution in [1.82, 2.24) is 0 Å². The maximum atomic E-state index is 10.5. The molecule has 0 fully saturated rings. The molecule has 2 unspecified atom stereocenters. The third-order valence-electron chi connectivity index (χ3n) is 2.23. The number of carboxylic acid groups (broad SMARTS) is 1. The van der Waals surface area contributed by atoms with Gasteiger partial charge in [0.05, 0.1) is 18.7 Å². The zero-order chi connectivity index (χ0) is 13.0. The van der Waals surface area contributed by atoms with Gasteiger partial charge in [0.25, 0.3) is 0 Å². The lowest BCUT2D eigenvalue weighted by Crippen LogP contribution is -2.27. The molecule has 1 aromatic carbocycles. The first-order valence-electron chi connectivity index (χ1n) is 4.68. The number of aliphatic carboxylic acids is 1. The second-order valence-electron chi connectivity index (χ2n) is 3.30. The average Bonchev–Trinajstić information content (AvgIpc) is 2.35. The number of nitriles is 1. The first-order valence-corrected chi connectivity index (χ1v) is 4.68. The molecule has 0 saturated carbocycles. The van der Waals surface area contributed by atoms with E-state index in [1.165, 1.54) is 25.3 Å². The van der Waals surface area contributed by atoms with Gasteiger partial charge in [-0.15, -0.1) is 0 Å². The molecule has 2 atom stereocenters. The van der Waals surface area contributed by atoms with Crippen molar-refractivity contribution in [1.29, 1.82) is 5.26 Å². The van der Waals surface area contributed by atoms with Crippen molar-refractivity contribution in [3.05, 3.63) is 29.3 Å². The number of hydrogen-bond donors (Lipinski definition) is 3. The normalized spacial score (nSPS) is 13.5. The highest BCUT2D eigenvalue weighted by Crippen LogP contribution is 2.28. The third-order valence-corrected chi connectivity index (χ3v) is 2.23. The number of benzene rings is 1. The van der Waals surface area contributed by atoms with Crippen LogP contribution in [-0.4, -0.2) is 34.5 Å². The van der Waals surface area contributed by atoms with Gasteiger partial charge in [-0.25, -0.2) is 4.79 Å².